The standard InChI is InChI=1S/C26H29ClFN5O4/c1-25(2,3)37-24(35)33-9-7-13(8-10-33)22-15-12-18(29)20-19(21(15)31-32(22)4)23(34)30-26(20,36)16-11-14(28)5-6-17(16)27/h5-6,11-13,36H,7-10,29H2,1-4H3,(H,30,34). The molecule has 1 aromatic heterocycles. The molecule has 1 unspecified atom stereocenters. The molecule has 0 spiro atoms. The summed E-state index contributed by atoms with van der Waals surface area (Å²) in [5.41, 5.74) is 5.40. The predicted molar refractivity (Wildman–Crippen MR) is 137 cm³/mol. The number of fused-ring (bicyclic) bond motifs is 3. The molecule has 2 aromatic carbocycles. The fourth-order valence-electron chi connectivity index (χ4n) is 5.39. The van der Waals surface area contributed by atoms with Gasteiger partial charge < -0.3 is 25.8 Å². The first-order chi connectivity index (χ1) is 17.3. The van der Waals surface area contributed by atoms with E-state index in [1.807, 2.05) is 20.8 Å². The zero-order valence-corrected chi connectivity index (χ0v) is 21.8. The van der Waals surface area contributed by atoms with Crippen LogP contribution in [0.3, 0.4) is 0 Å². The third-order valence-corrected chi connectivity index (χ3v) is 7.27. The molecule has 3 heterocycles. The first kappa shape index (κ1) is 25.3. The van der Waals surface area contributed by atoms with Gasteiger partial charge >= 0.3 is 6.09 Å². The lowest BCUT2D eigenvalue weighted by atomic mass is 9.88. The molecule has 5 rings (SSSR count). The molecule has 2 aliphatic rings. The van der Waals surface area contributed by atoms with Crippen molar-refractivity contribution in [3.8, 4) is 0 Å². The van der Waals surface area contributed by atoms with Crippen LogP contribution in [0, 0.1) is 5.82 Å². The average molecular weight is 530 g/mol. The molecule has 1 saturated heterocycles. The fourth-order valence-corrected chi connectivity index (χ4v) is 5.65. The first-order valence-corrected chi connectivity index (χ1v) is 12.5. The summed E-state index contributed by atoms with van der Waals surface area (Å²) < 4.78 is 21.3. The number of carbonyl (C=O) groups excluding carboxylic acids is 2. The number of ether oxygens (including phenoxy) is 1. The van der Waals surface area contributed by atoms with E-state index in [-0.39, 0.29) is 39.4 Å². The lowest BCUT2D eigenvalue weighted by molar-refractivity contribution is 0.0203. The summed E-state index contributed by atoms with van der Waals surface area (Å²) in [7, 11) is 1.79. The van der Waals surface area contributed by atoms with Crippen LogP contribution in [0.4, 0.5) is 14.9 Å². The maximum atomic E-state index is 14.1. The van der Waals surface area contributed by atoms with Gasteiger partial charge in [0.25, 0.3) is 5.91 Å². The van der Waals surface area contributed by atoms with Gasteiger partial charge in [0, 0.05) is 59.0 Å². The van der Waals surface area contributed by atoms with Crippen LogP contribution >= 0.6 is 11.6 Å². The lowest BCUT2D eigenvalue weighted by Gasteiger charge is -2.33. The third kappa shape index (κ3) is 4.18. The Hall–Kier alpha value is -3.37. The molecule has 0 aliphatic carbocycles. The number of aryl methyl sites for hydroxylation is 1. The van der Waals surface area contributed by atoms with Gasteiger partial charge in [-0.15, -0.1) is 0 Å². The van der Waals surface area contributed by atoms with Gasteiger partial charge in [0.2, 0.25) is 0 Å². The molecule has 37 heavy (non-hydrogen) atoms. The summed E-state index contributed by atoms with van der Waals surface area (Å²) in [4.78, 5) is 27.4. The summed E-state index contributed by atoms with van der Waals surface area (Å²) >= 11 is 6.28. The number of piperidine rings is 1. The minimum absolute atomic E-state index is 0.0158. The Morgan fingerprint density at radius 2 is 1.97 bits per heavy atom. The number of rotatable bonds is 2. The monoisotopic (exact) mass is 529 g/mol. The van der Waals surface area contributed by atoms with Crippen LogP contribution in [-0.4, -0.2) is 50.5 Å². The van der Waals surface area contributed by atoms with E-state index in [0.717, 1.165) is 11.8 Å². The number of likely N-dealkylation sites (tertiary alicyclic amines) is 1. The topological polar surface area (TPSA) is 123 Å². The molecule has 4 N–H and O–H groups in total. The molecule has 0 saturated carbocycles. The SMILES string of the molecule is Cn1nc2c3c(c(N)cc2c1C1CCN(C(=O)OC(C)(C)C)CC1)C(O)(c1cc(F)ccc1Cl)NC3=O. The van der Waals surface area contributed by atoms with Gasteiger partial charge in [-0.1, -0.05) is 11.6 Å². The largest absolute Gasteiger partial charge is 0.444 e. The number of amides is 2. The van der Waals surface area contributed by atoms with E-state index in [9.17, 15) is 19.1 Å². The third-order valence-electron chi connectivity index (χ3n) is 6.94. The number of halogens is 2. The number of nitrogens with two attached hydrogens (primary N) is 1. The van der Waals surface area contributed by atoms with E-state index in [1.165, 1.54) is 12.1 Å². The second-order valence-corrected chi connectivity index (χ2v) is 11.1. The molecule has 2 aliphatic heterocycles. The average Bonchev–Trinajstić information content (AvgIpc) is 3.28. The molecule has 2 amide bonds. The highest BCUT2D eigenvalue weighted by molar-refractivity contribution is 6.31. The smallest absolute Gasteiger partial charge is 0.410 e. The summed E-state index contributed by atoms with van der Waals surface area (Å²) in [6, 6.07) is 5.24. The highest BCUT2D eigenvalue weighted by Crippen LogP contribution is 2.45. The molecule has 196 valence electrons. The molecule has 0 bridgehead atoms. The Balaban J connectivity index is 1.53. The van der Waals surface area contributed by atoms with Crippen LogP contribution in [0.2, 0.25) is 5.02 Å². The van der Waals surface area contributed by atoms with Crippen molar-refractivity contribution in [2.45, 2.75) is 50.9 Å². The molecule has 1 atom stereocenters. The van der Waals surface area contributed by atoms with Gasteiger partial charge in [-0.05, 0) is 57.9 Å². The number of nitrogens with one attached hydrogen (secondary N) is 1. The summed E-state index contributed by atoms with van der Waals surface area (Å²) in [5.74, 6) is -1.14. The Morgan fingerprint density at radius 3 is 2.62 bits per heavy atom. The number of benzene rings is 2. The van der Waals surface area contributed by atoms with Crippen molar-refractivity contribution in [1.82, 2.24) is 20.0 Å². The highest BCUT2D eigenvalue weighted by atomic mass is 35.5. The van der Waals surface area contributed by atoms with E-state index in [1.54, 1.807) is 22.7 Å². The van der Waals surface area contributed by atoms with Gasteiger partial charge in [-0.2, -0.15) is 5.10 Å². The van der Waals surface area contributed by atoms with Crippen LogP contribution in [0.1, 0.15) is 66.7 Å². The number of hydrogen-bond acceptors (Lipinski definition) is 6. The van der Waals surface area contributed by atoms with Gasteiger partial charge in [-0.3, -0.25) is 9.48 Å². The normalized spacial score (nSPS) is 20.3. The van der Waals surface area contributed by atoms with Gasteiger partial charge in [0.15, 0.2) is 5.72 Å². The lowest BCUT2D eigenvalue weighted by Crippen LogP contribution is -2.41. The van der Waals surface area contributed by atoms with Gasteiger partial charge in [0.1, 0.15) is 16.9 Å². The first-order valence-electron chi connectivity index (χ1n) is 12.1. The number of aromatic nitrogens is 2. The minimum atomic E-state index is -2.11. The van der Waals surface area contributed by atoms with Crippen molar-refractivity contribution in [3.63, 3.8) is 0 Å². The molecular formula is C26H29ClFN5O4. The van der Waals surface area contributed by atoms with Crippen LogP contribution in [-0.2, 0) is 17.5 Å². The van der Waals surface area contributed by atoms with Crippen molar-refractivity contribution in [3.05, 3.63) is 57.5 Å². The van der Waals surface area contributed by atoms with E-state index < -0.39 is 23.1 Å². The number of anilines is 1. The molecule has 9 nitrogen and oxygen atoms in total. The van der Waals surface area contributed by atoms with E-state index in [4.69, 9.17) is 22.1 Å². The molecule has 0 radical (unpaired) electrons. The Bertz CT molecular complexity index is 1440. The number of nitrogens with zero attached hydrogens (tertiary/aromatic N) is 3. The Labute approximate surface area is 218 Å². The number of hydrogen-bond donors (Lipinski definition) is 3. The van der Waals surface area contributed by atoms with Crippen molar-refractivity contribution in [1.29, 1.82) is 0 Å². The van der Waals surface area contributed by atoms with Crippen LogP contribution in [0.5, 0.6) is 0 Å². The van der Waals surface area contributed by atoms with Crippen molar-refractivity contribution >= 4 is 40.2 Å². The summed E-state index contributed by atoms with van der Waals surface area (Å²) in [5, 5.41) is 19.5. The summed E-state index contributed by atoms with van der Waals surface area (Å²) in [6.45, 7) is 6.54. The Morgan fingerprint density at radius 1 is 1.30 bits per heavy atom. The maximum Gasteiger partial charge on any atom is 0.410 e. The molecule has 3 aromatic rings. The van der Waals surface area contributed by atoms with E-state index in [2.05, 4.69) is 10.4 Å². The predicted octanol–water partition coefficient (Wildman–Crippen LogP) is 4.00. The van der Waals surface area contributed by atoms with Crippen molar-refractivity contribution in [2.75, 3.05) is 18.8 Å². The second kappa shape index (κ2) is 8.59. The van der Waals surface area contributed by atoms with Crippen LogP contribution < -0.4 is 11.1 Å². The fraction of sp³-hybridized carbons (Fsp3) is 0.423. The van der Waals surface area contributed by atoms with E-state index >= 15 is 0 Å². The zero-order valence-electron chi connectivity index (χ0n) is 21.1. The second-order valence-electron chi connectivity index (χ2n) is 10.7. The number of aliphatic hydroxyl groups is 1. The quantitative estimate of drug-likeness (QED) is 0.431. The van der Waals surface area contributed by atoms with Gasteiger partial charge in [0.05, 0.1) is 5.56 Å². The van der Waals surface area contributed by atoms with Crippen LogP contribution in [0.15, 0.2) is 24.3 Å². The maximum absolute atomic E-state index is 14.1. The van der Waals surface area contributed by atoms with Gasteiger partial charge in [-0.25, -0.2) is 9.18 Å². The van der Waals surface area contributed by atoms with Crippen molar-refractivity contribution in [2.24, 2.45) is 7.05 Å². The van der Waals surface area contributed by atoms with Crippen LogP contribution in [0.25, 0.3) is 10.9 Å². The summed E-state index contributed by atoms with van der Waals surface area (Å²) in [6.07, 6.45) is 1.02. The highest BCUT2D eigenvalue weighted by Gasteiger charge is 2.48. The molecule has 11 heteroatoms. The minimum Gasteiger partial charge on any atom is -0.444 e. The van der Waals surface area contributed by atoms with Crippen molar-refractivity contribution < 1.29 is 23.8 Å². The zero-order chi connectivity index (χ0) is 26.9. The Kier molecular flexibility index (Phi) is 5.87. The number of nitrogen functional groups attached to an aromatic ring is 1. The number of carbonyl (C=O) groups is 2. The molecule has 1 fully saturated rings. The molecular weight excluding hydrogens is 501 g/mol. The van der Waals surface area contributed by atoms with E-state index in [0.29, 0.717) is 36.8 Å².